The van der Waals surface area contributed by atoms with Crippen LogP contribution >= 0.6 is 0 Å². The summed E-state index contributed by atoms with van der Waals surface area (Å²) in [6.07, 6.45) is 3.52. The van der Waals surface area contributed by atoms with E-state index in [4.69, 9.17) is 30.1 Å². The van der Waals surface area contributed by atoms with Crippen LogP contribution in [0.5, 0.6) is 11.5 Å². The van der Waals surface area contributed by atoms with E-state index in [0.29, 0.717) is 47.9 Å². The number of ether oxygens (including phenoxy) is 2. The molecule has 4 aromatic rings. The normalized spacial score (nSPS) is 13.5. The van der Waals surface area contributed by atoms with Gasteiger partial charge in [0.05, 0.1) is 16.6 Å². The Balaban J connectivity index is 0.000000655. The molecule has 0 bridgehead atoms. The minimum atomic E-state index is -0.833. The smallest absolute Gasteiger partial charge is 0.300 e. The first-order valence-electron chi connectivity index (χ1n) is 11.9. The highest BCUT2D eigenvalue weighted by Crippen LogP contribution is 2.40. The fourth-order valence-corrected chi connectivity index (χ4v) is 4.79. The van der Waals surface area contributed by atoms with E-state index in [1.165, 1.54) is 0 Å². The summed E-state index contributed by atoms with van der Waals surface area (Å²) in [5, 5.41) is 8.29. The molecule has 0 spiro atoms. The summed E-state index contributed by atoms with van der Waals surface area (Å²) in [6.45, 7) is 4.73. The van der Waals surface area contributed by atoms with Crippen LogP contribution in [-0.4, -0.2) is 51.4 Å². The van der Waals surface area contributed by atoms with Gasteiger partial charge in [-0.05, 0) is 43.1 Å². The molecule has 1 amide bonds. The van der Waals surface area contributed by atoms with Gasteiger partial charge in [0.2, 0.25) is 12.7 Å². The maximum absolute atomic E-state index is 13.2. The van der Waals surface area contributed by atoms with E-state index >= 15 is 0 Å². The van der Waals surface area contributed by atoms with Gasteiger partial charge in [-0.25, -0.2) is 4.98 Å². The molecule has 11 heteroatoms. The zero-order valence-corrected chi connectivity index (χ0v) is 20.5. The minimum absolute atomic E-state index is 0.0101. The van der Waals surface area contributed by atoms with Crippen LogP contribution in [0.2, 0.25) is 0 Å². The number of aromatic amines is 1. The van der Waals surface area contributed by atoms with Gasteiger partial charge in [-0.2, -0.15) is 0 Å². The summed E-state index contributed by atoms with van der Waals surface area (Å²) in [6, 6.07) is 7.66. The first-order valence-corrected chi connectivity index (χ1v) is 11.9. The van der Waals surface area contributed by atoms with Gasteiger partial charge >= 0.3 is 0 Å². The van der Waals surface area contributed by atoms with Gasteiger partial charge in [0.25, 0.3) is 11.5 Å². The monoisotopic (exact) mass is 505 g/mol. The van der Waals surface area contributed by atoms with Crippen molar-refractivity contribution in [2.24, 2.45) is 5.73 Å². The molecule has 0 fully saturated rings. The van der Waals surface area contributed by atoms with Crippen molar-refractivity contribution in [3.63, 3.8) is 0 Å². The van der Waals surface area contributed by atoms with Gasteiger partial charge < -0.3 is 34.8 Å². The highest BCUT2D eigenvalue weighted by atomic mass is 16.7. The average molecular weight is 506 g/mol. The molecule has 0 unspecified atom stereocenters. The quantitative estimate of drug-likeness (QED) is 0.383. The second-order valence-corrected chi connectivity index (χ2v) is 8.95. The third kappa shape index (κ3) is 4.49. The fraction of sp³-hybridized carbons (Fsp3) is 0.308. The molecule has 11 nitrogen and oxygen atoms in total. The number of amides is 1. The van der Waals surface area contributed by atoms with Crippen molar-refractivity contribution in [2.75, 3.05) is 24.8 Å². The number of nitrogens with two attached hydrogens (primary N) is 1. The standard InChI is InChI=1S/C24H23N5O4.C2H4O2/c1-13(30)29-6-3-14-7-17-18(9-19(14)29)27-24(31)23(26-17)16-11-28(5-2-4-25)20-10-22-21(8-15(16)20)32-12-33-22;1-2(3)4/h7-11H,2-6,12,25H2,1H3,(H,27,31);1H3,(H,3,4). The molecule has 2 aromatic heterocycles. The number of hydrogen-bond acceptors (Lipinski definition) is 7. The van der Waals surface area contributed by atoms with Crippen LogP contribution in [0.25, 0.3) is 33.2 Å². The van der Waals surface area contributed by atoms with E-state index in [1.807, 2.05) is 30.5 Å². The molecule has 0 saturated heterocycles. The minimum Gasteiger partial charge on any atom is -0.481 e. The summed E-state index contributed by atoms with van der Waals surface area (Å²) in [5.74, 6) is 0.496. The molecule has 4 N–H and O–H groups in total. The SMILES string of the molecule is CC(=O)N1CCc2cc3nc(-c4cn(CCCN)c5cc6c(cc45)OCO6)c(=O)[nH]c3cc21.CC(=O)O. The Bertz CT molecular complexity index is 1600. The molecule has 6 rings (SSSR count). The van der Waals surface area contributed by atoms with Gasteiger partial charge in [-0.3, -0.25) is 14.4 Å². The maximum atomic E-state index is 13.2. The molecule has 37 heavy (non-hydrogen) atoms. The number of fused-ring (bicyclic) bond motifs is 4. The van der Waals surface area contributed by atoms with Gasteiger partial charge in [-0.15, -0.1) is 0 Å². The third-order valence-corrected chi connectivity index (χ3v) is 6.40. The van der Waals surface area contributed by atoms with Crippen molar-refractivity contribution in [1.29, 1.82) is 0 Å². The predicted octanol–water partition coefficient (Wildman–Crippen LogP) is 2.62. The lowest BCUT2D eigenvalue weighted by Crippen LogP contribution is -2.25. The molecular formula is C26H27N5O6. The maximum Gasteiger partial charge on any atom is 0.300 e. The Labute approximate surface area is 211 Å². The predicted molar refractivity (Wildman–Crippen MR) is 138 cm³/mol. The first-order chi connectivity index (χ1) is 17.8. The summed E-state index contributed by atoms with van der Waals surface area (Å²) in [4.78, 5) is 43.6. The van der Waals surface area contributed by atoms with Gasteiger partial charge in [-0.1, -0.05) is 0 Å². The Morgan fingerprint density at radius 3 is 2.59 bits per heavy atom. The van der Waals surface area contributed by atoms with Crippen LogP contribution in [0, 0.1) is 0 Å². The number of rotatable bonds is 4. The van der Waals surface area contributed by atoms with Crippen molar-refractivity contribution in [3.8, 4) is 22.8 Å². The van der Waals surface area contributed by atoms with Crippen LogP contribution in [0.15, 0.2) is 35.3 Å². The molecule has 2 aliphatic heterocycles. The number of hydrogen-bond donors (Lipinski definition) is 3. The van der Waals surface area contributed by atoms with Crippen LogP contribution in [0.3, 0.4) is 0 Å². The second-order valence-electron chi connectivity index (χ2n) is 8.95. The van der Waals surface area contributed by atoms with E-state index in [1.54, 1.807) is 11.8 Å². The van der Waals surface area contributed by atoms with Gasteiger partial charge in [0.1, 0.15) is 5.69 Å². The number of carboxylic acid groups (broad SMARTS) is 1. The van der Waals surface area contributed by atoms with E-state index in [9.17, 15) is 9.59 Å². The number of aliphatic carboxylic acids is 1. The second kappa shape index (κ2) is 9.58. The summed E-state index contributed by atoms with van der Waals surface area (Å²) in [7, 11) is 0. The Kier molecular flexibility index (Phi) is 6.30. The molecule has 2 aliphatic rings. The fourth-order valence-electron chi connectivity index (χ4n) is 4.79. The molecular weight excluding hydrogens is 478 g/mol. The lowest BCUT2D eigenvalue weighted by atomic mass is 10.1. The number of H-pyrrole nitrogens is 1. The Morgan fingerprint density at radius 1 is 1.16 bits per heavy atom. The van der Waals surface area contributed by atoms with E-state index in [0.717, 1.165) is 47.5 Å². The zero-order chi connectivity index (χ0) is 26.3. The number of aryl methyl sites for hydroxylation is 1. The van der Waals surface area contributed by atoms with Gasteiger partial charge in [0, 0.05) is 55.8 Å². The summed E-state index contributed by atoms with van der Waals surface area (Å²) < 4.78 is 13.2. The van der Waals surface area contributed by atoms with Crippen LogP contribution in [0.1, 0.15) is 25.8 Å². The third-order valence-electron chi connectivity index (χ3n) is 6.40. The number of aromatic nitrogens is 3. The van der Waals surface area contributed by atoms with Gasteiger partial charge in [0.15, 0.2) is 11.5 Å². The van der Waals surface area contributed by atoms with Crippen molar-refractivity contribution in [2.45, 2.75) is 33.2 Å². The zero-order valence-electron chi connectivity index (χ0n) is 20.5. The Morgan fingerprint density at radius 2 is 1.89 bits per heavy atom. The van der Waals surface area contributed by atoms with Crippen LogP contribution in [0.4, 0.5) is 5.69 Å². The molecule has 0 atom stereocenters. The first kappa shape index (κ1) is 24.3. The molecule has 2 aromatic carbocycles. The van der Waals surface area contributed by atoms with E-state index < -0.39 is 5.97 Å². The van der Waals surface area contributed by atoms with Crippen molar-refractivity contribution in [3.05, 3.63) is 46.4 Å². The molecule has 0 saturated carbocycles. The number of nitrogens with one attached hydrogen (secondary N) is 1. The topological polar surface area (TPSA) is 153 Å². The number of carbonyl (C=O) groups is 2. The summed E-state index contributed by atoms with van der Waals surface area (Å²) in [5.41, 5.74) is 10.7. The van der Waals surface area contributed by atoms with Crippen LogP contribution < -0.4 is 25.7 Å². The number of carboxylic acids is 1. The highest BCUT2D eigenvalue weighted by Gasteiger charge is 2.25. The number of benzene rings is 2. The molecule has 0 aliphatic carbocycles. The van der Waals surface area contributed by atoms with Crippen molar-refractivity contribution < 1.29 is 24.2 Å². The summed E-state index contributed by atoms with van der Waals surface area (Å²) >= 11 is 0. The van der Waals surface area contributed by atoms with Crippen molar-refractivity contribution >= 4 is 39.5 Å². The van der Waals surface area contributed by atoms with E-state index in [2.05, 4.69) is 9.55 Å². The number of anilines is 1. The lowest BCUT2D eigenvalue weighted by molar-refractivity contribution is -0.134. The molecule has 192 valence electrons. The molecule has 4 heterocycles. The highest BCUT2D eigenvalue weighted by molar-refractivity contribution is 5.99. The van der Waals surface area contributed by atoms with Crippen LogP contribution in [-0.2, 0) is 22.6 Å². The van der Waals surface area contributed by atoms with E-state index in [-0.39, 0.29) is 18.3 Å². The molecule has 0 radical (unpaired) electrons. The Hall–Kier alpha value is -4.38. The average Bonchev–Trinajstić information content (AvgIpc) is 3.56. The number of carbonyl (C=O) groups excluding carboxylic acids is 1. The largest absolute Gasteiger partial charge is 0.481 e. The lowest BCUT2D eigenvalue weighted by Gasteiger charge is -2.15. The number of nitrogens with zero attached hydrogens (tertiary/aromatic N) is 3. The van der Waals surface area contributed by atoms with Crippen molar-refractivity contribution in [1.82, 2.24) is 14.5 Å².